The molecule has 180 valence electrons. The lowest BCUT2D eigenvalue weighted by Crippen LogP contribution is -2.28. The maximum absolute atomic E-state index is 12.3. The highest BCUT2D eigenvalue weighted by atomic mass is 16.5. The van der Waals surface area contributed by atoms with Crippen LogP contribution in [0.15, 0.2) is 54.6 Å². The number of hydrogen-bond acceptors (Lipinski definition) is 9. The fraction of sp³-hybridized carbons (Fsp3) is 0.208. The van der Waals surface area contributed by atoms with Gasteiger partial charge in [-0.25, -0.2) is 4.79 Å². The van der Waals surface area contributed by atoms with Crippen LogP contribution < -0.4 is 19.5 Å². The van der Waals surface area contributed by atoms with Crippen LogP contribution in [-0.4, -0.2) is 66.2 Å². The van der Waals surface area contributed by atoms with E-state index in [1.807, 2.05) is 6.07 Å². The molecule has 2 aromatic carbocycles. The van der Waals surface area contributed by atoms with Crippen LogP contribution in [0.1, 0.15) is 20.7 Å². The number of methoxy groups -OCH3 is 3. The van der Waals surface area contributed by atoms with Gasteiger partial charge < -0.3 is 24.3 Å². The number of amides is 1. The lowest BCUT2D eigenvalue weighted by atomic mass is 10.1. The second kappa shape index (κ2) is 10.5. The predicted molar refractivity (Wildman–Crippen MR) is 125 cm³/mol. The van der Waals surface area contributed by atoms with Gasteiger partial charge in [0.2, 0.25) is 5.88 Å². The zero-order valence-corrected chi connectivity index (χ0v) is 19.3. The Morgan fingerprint density at radius 2 is 1.63 bits per heavy atom. The highest BCUT2D eigenvalue weighted by Crippen LogP contribution is 2.31. The van der Waals surface area contributed by atoms with E-state index in [0.717, 1.165) is 5.56 Å². The summed E-state index contributed by atoms with van der Waals surface area (Å²) in [4.78, 5) is 23.8. The molecule has 4 rings (SSSR count). The van der Waals surface area contributed by atoms with Crippen LogP contribution in [0, 0.1) is 0 Å². The number of rotatable bonds is 9. The van der Waals surface area contributed by atoms with E-state index in [4.69, 9.17) is 14.2 Å². The minimum absolute atomic E-state index is 0.193. The quantitative estimate of drug-likeness (QED) is 0.286. The van der Waals surface area contributed by atoms with Crippen LogP contribution in [0.25, 0.3) is 17.0 Å². The molecule has 2 aromatic heterocycles. The molecule has 0 aliphatic heterocycles. The van der Waals surface area contributed by atoms with Gasteiger partial charge in [-0.3, -0.25) is 4.79 Å². The molecule has 0 radical (unpaired) electrons. The van der Waals surface area contributed by atoms with Gasteiger partial charge in [-0.2, -0.15) is 4.52 Å². The van der Waals surface area contributed by atoms with Crippen molar-refractivity contribution in [3.8, 4) is 28.8 Å². The summed E-state index contributed by atoms with van der Waals surface area (Å²) < 4.78 is 22.6. The Morgan fingerprint density at radius 1 is 0.886 bits per heavy atom. The predicted octanol–water partition coefficient (Wildman–Crippen LogP) is 2.40. The van der Waals surface area contributed by atoms with Crippen molar-refractivity contribution >= 4 is 17.5 Å². The van der Waals surface area contributed by atoms with Crippen LogP contribution in [0.4, 0.5) is 0 Å². The van der Waals surface area contributed by atoms with Gasteiger partial charge in [-0.15, -0.1) is 15.3 Å². The van der Waals surface area contributed by atoms with E-state index >= 15 is 0 Å². The number of nitrogens with zero attached hydrogens (tertiary/aromatic N) is 4. The Hall–Kier alpha value is -4.67. The summed E-state index contributed by atoms with van der Waals surface area (Å²) in [5, 5.41) is 15.6. The number of fused-ring (bicyclic) bond motifs is 1. The minimum atomic E-state index is -0.461. The molecular weight excluding hydrogens is 454 g/mol. The Labute approximate surface area is 200 Å². The third kappa shape index (κ3) is 5.13. The first kappa shape index (κ1) is 23.5. The van der Waals surface area contributed by atoms with Crippen molar-refractivity contribution in [1.29, 1.82) is 0 Å². The van der Waals surface area contributed by atoms with Gasteiger partial charge in [-0.1, -0.05) is 0 Å². The zero-order chi connectivity index (χ0) is 24.8. The number of nitrogens with one attached hydrogen (secondary N) is 1. The topological polar surface area (TPSA) is 126 Å². The molecular formula is C24H23N5O6. The average molecular weight is 477 g/mol. The minimum Gasteiger partial charge on any atom is -0.493 e. The summed E-state index contributed by atoms with van der Waals surface area (Å²) in [5.74, 6) is 1.26. The van der Waals surface area contributed by atoms with E-state index in [9.17, 15) is 9.59 Å². The maximum atomic E-state index is 12.3. The molecule has 1 amide bonds. The van der Waals surface area contributed by atoms with Crippen molar-refractivity contribution < 1.29 is 28.5 Å². The smallest absolute Gasteiger partial charge is 0.337 e. The molecule has 0 saturated heterocycles. The summed E-state index contributed by atoms with van der Waals surface area (Å²) in [6.45, 7) is 0.445. The van der Waals surface area contributed by atoms with Crippen molar-refractivity contribution in [1.82, 2.24) is 25.1 Å². The van der Waals surface area contributed by atoms with Gasteiger partial charge in [0.05, 0.1) is 33.4 Å². The van der Waals surface area contributed by atoms with E-state index in [-0.39, 0.29) is 19.1 Å². The van der Waals surface area contributed by atoms with Crippen LogP contribution in [0.3, 0.4) is 0 Å². The van der Waals surface area contributed by atoms with Crippen LogP contribution >= 0.6 is 0 Å². The molecule has 11 heteroatoms. The molecule has 0 spiro atoms. The van der Waals surface area contributed by atoms with Crippen molar-refractivity contribution in [3.05, 3.63) is 65.7 Å². The van der Waals surface area contributed by atoms with E-state index in [0.29, 0.717) is 40.0 Å². The fourth-order valence-corrected chi connectivity index (χ4v) is 3.30. The van der Waals surface area contributed by atoms with Crippen molar-refractivity contribution in [2.75, 3.05) is 34.5 Å². The highest BCUT2D eigenvalue weighted by Gasteiger charge is 2.14. The number of ether oxygens (including phenoxy) is 4. The molecule has 0 bridgehead atoms. The van der Waals surface area contributed by atoms with Crippen LogP contribution in [0.2, 0.25) is 0 Å². The maximum Gasteiger partial charge on any atom is 0.337 e. The highest BCUT2D eigenvalue weighted by molar-refractivity contribution is 5.96. The van der Waals surface area contributed by atoms with Gasteiger partial charge in [0.25, 0.3) is 5.91 Å². The van der Waals surface area contributed by atoms with E-state index in [2.05, 4.69) is 25.3 Å². The first-order valence-electron chi connectivity index (χ1n) is 10.6. The van der Waals surface area contributed by atoms with Crippen molar-refractivity contribution in [2.24, 2.45) is 0 Å². The first-order chi connectivity index (χ1) is 17.0. The Morgan fingerprint density at radius 3 is 2.34 bits per heavy atom. The molecule has 2 heterocycles. The number of benzene rings is 2. The number of esters is 1. The van der Waals surface area contributed by atoms with Gasteiger partial charge in [0.15, 0.2) is 23.0 Å². The second-order valence-corrected chi connectivity index (χ2v) is 7.21. The molecule has 0 unspecified atom stereocenters. The monoisotopic (exact) mass is 477 g/mol. The van der Waals surface area contributed by atoms with Crippen LogP contribution in [-0.2, 0) is 4.74 Å². The molecule has 1 N–H and O–H groups in total. The van der Waals surface area contributed by atoms with E-state index in [1.54, 1.807) is 55.1 Å². The van der Waals surface area contributed by atoms with Crippen molar-refractivity contribution in [3.63, 3.8) is 0 Å². The molecule has 0 aliphatic carbocycles. The van der Waals surface area contributed by atoms with Crippen molar-refractivity contribution in [2.45, 2.75) is 0 Å². The number of hydrogen-bond donors (Lipinski definition) is 1. The summed E-state index contributed by atoms with van der Waals surface area (Å²) >= 11 is 0. The molecule has 11 nitrogen and oxygen atoms in total. The zero-order valence-electron chi connectivity index (χ0n) is 19.3. The Balaban J connectivity index is 1.39. The summed E-state index contributed by atoms with van der Waals surface area (Å²) in [5.41, 5.74) is 2.08. The third-order valence-corrected chi connectivity index (χ3v) is 5.09. The molecule has 35 heavy (non-hydrogen) atoms. The van der Waals surface area contributed by atoms with Gasteiger partial charge in [0.1, 0.15) is 6.61 Å². The second-order valence-electron chi connectivity index (χ2n) is 7.21. The molecule has 0 fully saturated rings. The van der Waals surface area contributed by atoms with E-state index in [1.165, 1.54) is 19.2 Å². The average Bonchev–Trinajstić information content (AvgIpc) is 3.33. The SMILES string of the molecule is COC(=O)c1ccc(C(=O)NCCOc2ccc3nnc(-c4ccc(OC)c(OC)c4)n3n2)cc1. The van der Waals surface area contributed by atoms with Gasteiger partial charge >= 0.3 is 5.97 Å². The third-order valence-electron chi connectivity index (χ3n) is 5.09. The first-order valence-corrected chi connectivity index (χ1v) is 10.6. The van der Waals surface area contributed by atoms with Gasteiger partial charge in [-0.05, 0) is 48.5 Å². The van der Waals surface area contributed by atoms with Gasteiger partial charge in [0, 0.05) is 17.2 Å². The lowest BCUT2D eigenvalue weighted by molar-refractivity contribution is 0.0600. The summed E-state index contributed by atoms with van der Waals surface area (Å²) in [6, 6.07) is 15.0. The fourth-order valence-electron chi connectivity index (χ4n) is 3.30. The molecule has 0 atom stereocenters. The lowest BCUT2D eigenvalue weighted by Gasteiger charge is -2.09. The normalized spacial score (nSPS) is 10.6. The standard InChI is InChI=1S/C24H23N5O6/c1-32-18-9-8-17(14-19(18)33-2)22-27-26-20-10-11-21(28-29(20)22)35-13-12-25-23(30)15-4-6-16(7-5-15)24(31)34-3/h4-11,14H,12-13H2,1-3H3,(H,25,30). The molecule has 0 aliphatic rings. The Kier molecular flexibility index (Phi) is 7.05. The molecule has 0 saturated carbocycles. The largest absolute Gasteiger partial charge is 0.493 e. The van der Waals surface area contributed by atoms with E-state index < -0.39 is 5.97 Å². The van der Waals surface area contributed by atoms with Crippen LogP contribution in [0.5, 0.6) is 17.4 Å². The Bertz CT molecular complexity index is 1350. The molecule has 4 aromatic rings. The number of carbonyl (C=O) groups is 2. The summed E-state index contributed by atoms with van der Waals surface area (Å²) in [7, 11) is 4.43. The number of carbonyl (C=O) groups excluding carboxylic acids is 2. The number of aromatic nitrogens is 4. The summed E-state index contributed by atoms with van der Waals surface area (Å²) in [6.07, 6.45) is 0.